The second kappa shape index (κ2) is 7.68. The second-order valence-electron chi connectivity index (χ2n) is 7.32. The molecule has 0 atom stereocenters. The van der Waals surface area contributed by atoms with Crippen molar-refractivity contribution in [2.45, 2.75) is 6.92 Å². The predicted molar refractivity (Wildman–Crippen MR) is 124 cm³/mol. The third-order valence-electron chi connectivity index (χ3n) is 5.42. The van der Waals surface area contributed by atoms with Crippen LogP contribution in [0.15, 0.2) is 81.6 Å². The standard InChI is InChI=1S/C23H16N6O4/c1-14-18(13-25-28-22(30)17-7-2-4-8-19(17)26-23(28)31)16-6-3-5-9-20(16)27(14)21-11-10-15(12-24-21)29(32)33/h2-13H,1H3,(H,26,31). The number of nitrogens with zero attached hydrogens (tertiary/aromatic N) is 5. The second-order valence-corrected chi connectivity index (χ2v) is 7.32. The van der Waals surface area contributed by atoms with E-state index >= 15 is 0 Å². The number of nitrogens with one attached hydrogen (secondary N) is 1. The lowest BCUT2D eigenvalue weighted by atomic mass is 10.1. The lowest BCUT2D eigenvalue weighted by Gasteiger charge is -2.07. The van der Waals surface area contributed by atoms with E-state index in [0.29, 0.717) is 22.3 Å². The van der Waals surface area contributed by atoms with Crippen LogP contribution in [0, 0.1) is 17.0 Å². The van der Waals surface area contributed by atoms with Crippen LogP contribution in [0.5, 0.6) is 0 Å². The van der Waals surface area contributed by atoms with E-state index in [-0.39, 0.29) is 5.69 Å². The number of rotatable bonds is 4. The average molecular weight is 440 g/mol. The fourth-order valence-electron chi connectivity index (χ4n) is 3.84. The molecule has 1 N–H and O–H groups in total. The minimum atomic E-state index is -0.645. The summed E-state index contributed by atoms with van der Waals surface area (Å²) >= 11 is 0. The summed E-state index contributed by atoms with van der Waals surface area (Å²) in [6, 6.07) is 17.2. The van der Waals surface area contributed by atoms with Crippen molar-refractivity contribution < 1.29 is 4.92 Å². The average Bonchev–Trinajstić information content (AvgIpc) is 3.10. The van der Waals surface area contributed by atoms with Gasteiger partial charge in [0.2, 0.25) is 0 Å². The van der Waals surface area contributed by atoms with Crippen LogP contribution in [-0.4, -0.2) is 30.3 Å². The van der Waals surface area contributed by atoms with Gasteiger partial charge in [0.05, 0.1) is 27.6 Å². The molecule has 0 fully saturated rings. The third kappa shape index (κ3) is 3.30. The number of nitro groups is 1. The van der Waals surface area contributed by atoms with Crippen LogP contribution in [-0.2, 0) is 0 Å². The van der Waals surface area contributed by atoms with Gasteiger partial charge in [-0.05, 0) is 31.2 Å². The van der Waals surface area contributed by atoms with Crippen molar-refractivity contribution in [3.63, 3.8) is 0 Å². The molecule has 0 saturated carbocycles. The number of H-pyrrole nitrogens is 1. The van der Waals surface area contributed by atoms with Crippen molar-refractivity contribution in [2.75, 3.05) is 0 Å². The third-order valence-corrected chi connectivity index (χ3v) is 5.42. The fourth-order valence-corrected chi connectivity index (χ4v) is 3.84. The summed E-state index contributed by atoms with van der Waals surface area (Å²) in [5, 5.41) is 16.3. The topological polar surface area (TPSA) is 128 Å². The first-order chi connectivity index (χ1) is 16.0. The summed E-state index contributed by atoms with van der Waals surface area (Å²) in [6.45, 7) is 1.85. The highest BCUT2D eigenvalue weighted by Gasteiger charge is 2.16. The highest BCUT2D eigenvalue weighted by molar-refractivity contribution is 6.01. The van der Waals surface area contributed by atoms with Crippen LogP contribution in [0.1, 0.15) is 11.3 Å². The summed E-state index contributed by atoms with van der Waals surface area (Å²) in [4.78, 5) is 42.6. The zero-order valence-corrected chi connectivity index (χ0v) is 17.3. The Hall–Kier alpha value is -4.86. The molecule has 0 amide bonds. The maximum absolute atomic E-state index is 12.8. The van der Waals surface area contributed by atoms with E-state index in [9.17, 15) is 19.7 Å². The van der Waals surface area contributed by atoms with E-state index in [1.165, 1.54) is 18.5 Å². The summed E-state index contributed by atoms with van der Waals surface area (Å²) in [5.41, 5.74) is 1.40. The van der Waals surface area contributed by atoms with Crippen LogP contribution < -0.4 is 11.2 Å². The molecule has 0 aliphatic rings. The van der Waals surface area contributed by atoms with E-state index in [2.05, 4.69) is 15.1 Å². The number of pyridine rings is 1. The van der Waals surface area contributed by atoms with Crippen molar-refractivity contribution in [1.82, 2.24) is 19.2 Å². The van der Waals surface area contributed by atoms with Gasteiger partial charge in [-0.1, -0.05) is 30.3 Å². The normalized spacial score (nSPS) is 11.5. The number of fused-ring (bicyclic) bond motifs is 2. The molecule has 10 heteroatoms. The van der Waals surface area contributed by atoms with Crippen LogP contribution in [0.25, 0.3) is 27.6 Å². The number of aromatic amines is 1. The Morgan fingerprint density at radius 1 is 1.03 bits per heavy atom. The van der Waals surface area contributed by atoms with Crippen LogP contribution in [0.4, 0.5) is 5.69 Å². The highest BCUT2D eigenvalue weighted by atomic mass is 16.6. The highest BCUT2D eigenvalue weighted by Crippen LogP contribution is 2.28. The zero-order chi connectivity index (χ0) is 23.1. The molecule has 0 unspecified atom stereocenters. The van der Waals surface area contributed by atoms with E-state index in [0.717, 1.165) is 21.3 Å². The Morgan fingerprint density at radius 2 is 1.76 bits per heavy atom. The Bertz CT molecular complexity index is 1690. The maximum atomic E-state index is 12.8. The number of benzene rings is 2. The van der Waals surface area contributed by atoms with Crippen LogP contribution >= 0.6 is 0 Å². The monoisotopic (exact) mass is 440 g/mol. The molecule has 3 aromatic heterocycles. The molecule has 0 spiro atoms. The lowest BCUT2D eigenvalue weighted by molar-refractivity contribution is -0.385. The van der Waals surface area contributed by atoms with Gasteiger partial charge >= 0.3 is 5.69 Å². The summed E-state index contributed by atoms with van der Waals surface area (Å²) in [6.07, 6.45) is 2.66. The van der Waals surface area contributed by atoms with Gasteiger partial charge in [-0.3, -0.25) is 19.5 Å². The molecule has 10 nitrogen and oxygen atoms in total. The van der Waals surface area contributed by atoms with Crippen molar-refractivity contribution in [1.29, 1.82) is 0 Å². The molecule has 0 radical (unpaired) electrons. The first-order valence-electron chi connectivity index (χ1n) is 9.95. The number of hydrogen-bond donors (Lipinski definition) is 1. The SMILES string of the molecule is Cc1c(C=Nn2c(=O)[nH]c3ccccc3c2=O)c2ccccc2n1-c1ccc([N+](=O)[O-])cn1. The van der Waals surface area contributed by atoms with Gasteiger partial charge < -0.3 is 4.98 Å². The van der Waals surface area contributed by atoms with Crippen LogP contribution in [0.2, 0.25) is 0 Å². The number of hydrogen-bond acceptors (Lipinski definition) is 6. The van der Waals surface area contributed by atoms with E-state index in [4.69, 9.17) is 0 Å². The molecule has 33 heavy (non-hydrogen) atoms. The van der Waals surface area contributed by atoms with Crippen molar-refractivity contribution in [2.24, 2.45) is 5.10 Å². The smallest absolute Gasteiger partial charge is 0.305 e. The summed E-state index contributed by atoms with van der Waals surface area (Å²) in [7, 11) is 0. The quantitative estimate of drug-likeness (QED) is 0.261. The Balaban J connectivity index is 1.68. The van der Waals surface area contributed by atoms with Crippen LogP contribution in [0.3, 0.4) is 0 Å². The van der Waals surface area contributed by atoms with Gasteiger partial charge in [0.25, 0.3) is 11.2 Å². The van der Waals surface area contributed by atoms with Gasteiger partial charge in [-0.15, -0.1) is 4.68 Å². The minimum Gasteiger partial charge on any atom is -0.305 e. The first kappa shape index (κ1) is 20.1. The molecule has 0 bridgehead atoms. The molecule has 0 aliphatic carbocycles. The van der Waals surface area contributed by atoms with Crippen molar-refractivity contribution >= 4 is 33.7 Å². The largest absolute Gasteiger partial charge is 0.349 e. The maximum Gasteiger partial charge on any atom is 0.349 e. The fraction of sp³-hybridized carbons (Fsp3) is 0.0435. The summed E-state index contributed by atoms with van der Waals surface area (Å²) < 4.78 is 2.63. The molecular weight excluding hydrogens is 424 g/mol. The molecule has 5 aromatic rings. The molecule has 0 aliphatic heterocycles. The molecule has 162 valence electrons. The Morgan fingerprint density at radius 3 is 2.48 bits per heavy atom. The zero-order valence-electron chi connectivity index (χ0n) is 17.3. The van der Waals surface area contributed by atoms with Gasteiger partial charge in [-0.25, -0.2) is 9.78 Å². The first-order valence-corrected chi connectivity index (χ1v) is 9.95. The molecule has 3 heterocycles. The Labute approximate surface area is 185 Å². The molecule has 2 aromatic carbocycles. The van der Waals surface area contributed by atoms with E-state index < -0.39 is 16.2 Å². The minimum absolute atomic E-state index is 0.107. The van der Waals surface area contributed by atoms with Crippen molar-refractivity contribution in [3.8, 4) is 5.82 Å². The predicted octanol–water partition coefficient (Wildman–Crippen LogP) is 3.13. The molecule has 0 saturated heterocycles. The number of aromatic nitrogens is 4. The van der Waals surface area contributed by atoms with Gasteiger partial charge in [0.1, 0.15) is 12.0 Å². The Kier molecular flexibility index (Phi) is 4.67. The van der Waals surface area contributed by atoms with Gasteiger partial charge in [0.15, 0.2) is 0 Å². The van der Waals surface area contributed by atoms with E-state index in [1.807, 2.05) is 35.8 Å². The molecule has 5 rings (SSSR count). The molecular formula is C23H16N6O4. The van der Waals surface area contributed by atoms with Crippen molar-refractivity contribution in [3.05, 3.63) is 109 Å². The van der Waals surface area contributed by atoms with E-state index in [1.54, 1.807) is 30.3 Å². The lowest BCUT2D eigenvalue weighted by Crippen LogP contribution is -2.32. The van der Waals surface area contributed by atoms with Gasteiger partial charge in [-0.2, -0.15) is 5.10 Å². The summed E-state index contributed by atoms with van der Waals surface area (Å²) in [5.74, 6) is 0.495. The number of para-hydroxylation sites is 2. The van der Waals surface area contributed by atoms with Gasteiger partial charge in [0, 0.05) is 22.7 Å².